The summed E-state index contributed by atoms with van der Waals surface area (Å²) in [5.41, 5.74) is 17.7. The molecular formula is C53H33NO. The molecule has 0 radical (unpaired) electrons. The Morgan fingerprint density at radius 3 is 1.82 bits per heavy atom. The molecule has 0 saturated heterocycles. The topological polar surface area (TPSA) is 16.4 Å². The molecule has 9 aromatic carbocycles. The Bertz CT molecular complexity index is 3160. The zero-order valence-electron chi connectivity index (χ0n) is 29.9. The maximum Gasteiger partial charge on any atom is 0.135 e. The van der Waals surface area contributed by atoms with Gasteiger partial charge in [-0.15, -0.1) is 0 Å². The van der Waals surface area contributed by atoms with Gasteiger partial charge < -0.3 is 9.32 Å². The highest BCUT2D eigenvalue weighted by Crippen LogP contribution is 2.64. The molecule has 0 amide bonds. The molecule has 1 heterocycles. The van der Waals surface area contributed by atoms with Gasteiger partial charge in [0.2, 0.25) is 0 Å². The molecule has 12 rings (SSSR count). The molecule has 0 fully saturated rings. The van der Waals surface area contributed by atoms with Crippen molar-refractivity contribution in [1.82, 2.24) is 0 Å². The van der Waals surface area contributed by atoms with Gasteiger partial charge in [0, 0.05) is 27.8 Å². The fourth-order valence-electron chi connectivity index (χ4n) is 9.77. The van der Waals surface area contributed by atoms with Gasteiger partial charge in [-0.3, -0.25) is 0 Å². The quantitative estimate of drug-likeness (QED) is 0.182. The molecule has 1 spiro atoms. The Kier molecular flexibility index (Phi) is 6.29. The zero-order valence-corrected chi connectivity index (χ0v) is 29.9. The predicted molar refractivity (Wildman–Crippen MR) is 228 cm³/mol. The lowest BCUT2D eigenvalue weighted by Gasteiger charge is -2.32. The van der Waals surface area contributed by atoms with Crippen LogP contribution in [0.1, 0.15) is 22.3 Å². The smallest absolute Gasteiger partial charge is 0.135 e. The number of benzene rings is 9. The van der Waals surface area contributed by atoms with Gasteiger partial charge in [-0.25, -0.2) is 0 Å². The normalized spacial score (nSPS) is 15.0. The number of hydrogen-bond donors (Lipinski definition) is 0. The van der Waals surface area contributed by atoms with Crippen molar-refractivity contribution in [2.75, 3.05) is 4.90 Å². The van der Waals surface area contributed by atoms with Crippen molar-refractivity contribution in [3.8, 4) is 33.4 Å². The first-order chi connectivity index (χ1) is 27.3. The van der Waals surface area contributed by atoms with Gasteiger partial charge >= 0.3 is 0 Å². The average Bonchev–Trinajstić information content (AvgIpc) is 3.88. The van der Waals surface area contributed by atoms with E-state index in [9.17, 15) is 0 Å². The first kappa shape index (κ1) is 30.3. The molecule has 10 aromatic rings. The van der Waals surface area contributed by atoms with Crippen molar-refractivity contribution in [2.45, 2.75) is 5.41 Å². The second kappa shape index (κ2) is 11.4. The molecule has 55 heavy (non-hydrogen) atoms. The molecular weight excluding hydrogens is 667 g/mol. The molecule has 1 aromatic heterocycles. The monoisotopic (exact) mass is 699 g/mol. The third-order valence-electron chi connectivity index (χ3n) is 12.1. The number of nitrogens with zero attached hydrogens (tertiary/aromatic N) is 1. The SMILES string of the molecule is c1ccc(N(c2ccc(-c3ccc4oc5ccccc5c4c3)cc2)c2ccc3c(c2)C2(c4ccccc4-3)c3ccccc3-c3c2ccc2ccccc32)cc1. The molecule has 256 valence electrons. The number of anilines is 3. The molecule has 1 unspecified atom stereocenters. The summed E-state index contributed by atoms with van der Waals surface area (Å²) in [5, 5.41) is 4.85. The second-order valence-corrected chi connectivity index (χ2v) is 14.8. The van der Waals surface area contributed by atoms with Crippen LogP contribution in [0, 0.1) is 0 Å². The minimum Gasteiger partial charge on any atom is -0.456 e. The van der Waals surface area contributed by atoms with Crippen molar-refractivity contribution in [3.05, 3.63) is 222 Å². The highest BCUT2D eigenvalue weighted by Gasteiger charge is 2.52. The lowest BCUT2D eigenvalue weighted by Crippen LogP contribution is -2.26. The molecule has 0 saturated carbocycles. The van der Waals surface area contributed by atoms with E-state index in [1.807, 2.05) is 12.1 Å². The van der Waals surface area contributed by atoms with E-state index < -0.39 is 5.41 Å². The van der Waals surface area contributed by atoms with Gasteiger partial charge in [0.25, 0.3) is 0 Å². The van der Waals surface area contributed by atoms with Crippen LogP contribution < -0.4 is 4.90 Å². The van der Waals surface area contributed by atoms with Crippen LogP contribution in [0.2, 0.25) is 0 Å². The fraction of sp³-hybridized carbons (Fsp3) is 0.0189. The van der Waals surface area contributed by atoms with Crippen molar-refractivity contribution in [2.24, 2.45) is 0 Å². The summed E-state index contributed by atoms with van der Waals surface area (Å²) in [6, 6.07) is 73.3. The lowest BCUT2D eigenvalue weighted by atomic mass is 9.70. The number of hydrogen-bond acceptors (Lipinski definition) is 2. The van der Waals surface area contributed by atoms with E-state index in [0.717, 1.165) is 39.0 Å². The maximum atomic E-state index is 6.13. The van der Waals surface area contributed by atoms with Crippen molar-refractivity contribution < 1.29 is 4.42 Å². The fourth-order valence-corrected chi connectivity index (χ4v) is 9.77. The van der Waals surface area contributed by atoms with E-state index in [1.54, 1.807) is 0 Å². The second-order valence-electron chi connectivity index (χ2n) is 14.8. The molecule has 1 atom stereocenters. The van der Waals surface area contributed by atoms with E-state index in [-0.39, 0.29) is 0 Å². The van der Waals surface area contributed by atoms with Crippen LogP contribution in [-0.4, -0.2) is 0 Å². The summed E-state index contributed by atoms with van der Waals surface area (Å²) < 4.78 is 6.13. The summed E-state index contributed by atoms with van der Waals surface area (Å²) in [6.07, 6.45) is 0. The molecule has 0 aliphatic heterocycles. The maximum absolute atomic E-state index is 6.13. The highest BCUT2D eigenvalue weighted by molar-refractivity contribution is 6.07. The summed E-state index contributed by atoms with van der Waals surface area (Å²) >= 11 is 0. The van der Waals surface area contributed by atoms with Crippen LogP contribution in [0.25, 0.3) is 66.1 Å². The van der Waals surface area contributed by atoms with Crippen molar-refractivity contribution >= 4 is 49.8 Å². The van der Waals surface area contributed by atoms with Crippen LogP contribution >= 0.6 is 0 Å². The highest BCUT2D eigenvalue weighted by atomic mass is 16.3. The standard InChI is InChI=1S/C53H33NO/c1-2-13-37(14-3-1)54(38-26-22-34(23-27-38)36-25-31-51-45(32-36)43-17-8-11-21-50(43)55-51)39-28-29-42-41-16-6-9-19-46(41)53(49(42)33-39)47-20-10-7-18-44(47)52-40-15-5-4-12-35(40)24-30-48(52)53/h1-33H. The Hall–Kier alpha value is -7.16. The molecule has 0 N–H and O–H groups in total. The third-order valence-corrected chi connectivity index (χ3v) is 12.1. The molecule has 2 nitrogen and oxygen atoms in total. The Balaban J connectivity index is 1.05. The van der Waals surface area contributed by atoms with Crippen LogP contribution in [0.5, 0.6) is 0 Å². The first-order valence-corrected chi connectivity index (χ1v) is 19.0. The molecule has 2 aliphatic rings. The zero-order chi connectivity index (χ0) is 36.1. The van der Waals surface area contributed by atoms with Crippen molar-refractivity contribution in [1.29, 1.82) is 0 Å². The van der Waals surface area contributed by atoms with Crippen LogP contribution in [0.15, 0.2) is 205 Å². The van der Waals surface area contributed by atoms with Gasteiger partial charge in [0.05, 0.1) is 5.41 Å². The van der Waals surface area contributed by atoms with E-state index in [2.05, 4.69) is 193 Å². The van der Waals surface area contributed by atoms with Gasteiger partial charge in [-0.1, -0.05) is 146 Å². The van der Waals surface area contributed by atoms with Gasteiger partial charge in [0.15, 0.2) is 0 Å². The Morgan fingerprint density at radius 2 is 0.964 bits per heavy atom. The summed E-state index contributed by atoms with van der Waals surface area (Å²) in [4.78, 5) is 2.40. The van der Waals surface area contributed by atoms with Crippen LogP contribution in [-0.2, 0) is 5.41 Å². The van der Waals surface area contributed by atoms with E-state index in [4.69, 9.17) is 4.42 Å². The summed E-state index contributed by atoms with van der Waals surface area (Å²) in [7, 11) is 0. The number of furan rings is 1. The molecule has 2 aliphatic carbocycles. The van der Waals surface area contributed by atoms with Gasteiger partial charge in [0.1, 0.15) is 11.2 Å². The van der Waals surface area contributed by atoms with E-state index in [0.29, 0.717) is 0 Å². The minimum absolute atomic E-state index is 0.444. The predicted octanol–water partition coefficient (Wildman–Crippen LogP) is 14.2. The number of fused-ring (bicyclic) bond motifs is 15. The summed E-state index contributed by atoms with van der Waals surface area (Å²) in [6.45, 7) is 0. The van der Waals surface area contributed by atoms with Crippen LogP contribution in [0.4, 0.5) is 17.1 Å². The first-order valence-electron chi connectivity index (χ1n) is 19.0. The molecule has 2 heteroatoms. The van der Waals surface area contributed by atoms with Gasteiger partial charge in [-0.05, 0) is 121 Å². The van der Waals surface area contributed by atoms with E-state index >= 15 is 0 Å². The lowest BCUT2D eigenvalue weighted by molar-refractivity contribution is 0.669. The number of rotatable bonds is 4. The Morgan fingerprint density at radius 1 is 0.345 bits per heavy atom. The third kappa shape index (κ3) is 4.19. The summed E-state index contributed by atoms with van der Waals surface area (Å²) in [5.74, 6) is 0. The molecule has 0 bridgehead atoms. The van der Waals surface area contributed by atoms with Gasteiger partial charge in [-0.2, -0.15) is 0 Å². The Labute approximate surface area is 319 Å². The average molecular weight is 700 g/mol. The van der Waals surface area contributed by atoms with Crippen LogP contribution in [0.3, 0.4) is 0 Å². The number of para-hydroxylation sites is 2. The van der Waals surface area contributed by atoms with Crippen molar-refractivity contribution in [3.63, 3.8) is 0 Å². The van der Waals surface area contributed by atoms with E-state index in [1.165, 1.54) is 66.4 Å². The largest absolute Gasteiger partial charge is 0.456 e. The minimum atomic E-state index is -0.444.